The molecule has 9 nitrogen and oxygen atoms in total. The summed E-state index contributed by atoms with van der Waals surface area (Å²) in [6.45, 7) is 11.4. The molecule has 2 amide bonds. The first kappa shape index (κ1) is 34.8. The number of hydrogen-bond donors (Lipinski definition) is 4. The summed E-state index contributed by atoms with van der Waals surface area (Å²) in [4.78, 5) is 36.2. The highest BCUT2D eigenvalue weighted by Gasteiger charge is 2.51. The molecule has 1 aromatic rings. The number of allylic oxidation sites excluding steroid dienone is 4. The van der Waals surface area contributed by atoms with Crippen molar-refractivity contribution < 1.29 is 23.5 Å². The third-order valence-electron chi connectivity index (χ3n) is 8.64. The van der Waals surface area contributed by atoms with Crippen molar-refractivity contribution in [3.05, 3.63) is 58.6 Å². The Morgan fingerprint density at radius 3 is 2.64 bits per heavy atom. The van der Waals surface area contributed by atoms with Crippen molar-refractivity contribution in [2.45, 2.75) is 104 Å². The molecule has 5 unspecified atom stereocenters. The highest BCUT2D eigenvalue weighted by Crippen LogP contribution is 2.52. The first-order chi connectivity index (χ1) is 20.7. The largest absolute Gasteiger partial charge is 0.373 e. The maximum absolute atomic E-state index is 14.3. The number of aromatic nitrogens is 1. The second-order valence-electron chi connectivity index (χ2n) is 12.4. The van der Waals surface area contributed by atoms with Gasteiger partial charge in [0.15, 0.2) is 5.66 Å². The van der Waals surface area contributed by atoms with E-state index in [1.54, 1.807) is 20.0 Å². The van der Waals surface area contributed by atoms with Crippen LogP contribution in [0.4, 0.5) is 14.6 Å². The van der Waals surface area contributed by atoms with Crippen LogP contribution in [-0.2, 0) is 15.0 Å². The number of nitrogens with zero attached hydrogens (tertiary/aromatic N) is 3. The third-order valence-corrected chi connectivity index (χ3v) is 8.64. The molecule has 1 aliphatic heterocycles. The monoisotopic (exact) mass is 612 g/mol. The van der Waals surface area contributed by atoms with Crippen molar-refractivity contribution in [2.75, 3.05) is 11.9 Å². The molecule has 1 aromatic heterocycles. The van der Waals surface area contributed by atoms with Crippen LogP contribution in [0.2, 0.25) is 0 Å². The SMILES string of the molecule is CC(F)=CCC(=CC(C)F)C(C)(N=C(C)C(C)C)N(C=O)CC(=O)NC(C)CC1=C(C=N)CC2(C1)c1cccnc1NC2O. The Morgan fingerprint density at radius 1 is 1.34 bits per heavy atom. The normalized spacial score (nSPS) is 23.2. The summed E-state index contributed by atoms with van der Waals surface area (Å²) >= 11 is 0. The predicted octanol–water partition coefficient (Wildman–Crippen LogP) is 5.54. The average molecular weight is 613 g/mol. The van der Waals surface area contributed by atoms with Gasteiger partial charge in [0.05, 0.1) is 11.2 Å². The van der Waals surface area contributed by atoms with Gasteiger partial charge in [-0.15, -0.1) is 0 Å². The maximum atomic E-state index is 14.3. The molecule has 11 heteroatoms. The Hall–Kier alpha value is -3.73. The maximum Gasteiger partial charge on any atom is 0.239 e. The lowest BCUT2D eigenvalue weighted by Crippen LogP contribution is -2.51. The number of alkyl halides is 1. The molecule has 0 fully saturated rings. The molecule has 0 bridgehead atoms. The van der Waals surface area contributed by atoms with Crippen molar-refractivity contribution in [3.8, 4) is 0 Å². The second-order valence-corrected chi connectivity index (χ2v) is 12.4. The Morgan fingerprint density at radius 2 is 2.05 bits per heavy atom. The van der Waals surface area contributed by atoms with Gasteiger partial charge in [-0.2, -0.15) is 0 Å². The van der Waals surface area contributed by atoms with Crippen LogP contribution >= 0.6 is 0 Å². The zero-order valence-corrected chi connectivity index (χ0v) is 26.7. The van der Waals surface area contributed by atoms with Gasteiger partial charge in [0.25, 0.3) is 0 Å². The Kier molecular flexibility index (Phi) is 11.3. The fourth-order valence-corrected chi connectivity index (χ4v) is 6.03. The minimum Gasteiger partial charge on any atom is -0.373 e. The fourth-order valence-electron chi connectivity index (χ4n) is 6.03. The van der Waals surface area contributed by atoms with Crippen LogP contribution in [0.3, 0.4) is 0 Å². The van der Waals surface area contributed by atoms with E-state index in [4.69, 9.17) is 10.4 Å². The predicted molar refractivity (Wildman–Crippen MR) is 170 cm³/mol. The first-order valence-electron chi connectivity index (χ1n) is 15.0. The first-order valence-corrected chi connectivity index (χ1v) is 15.0. The van der Waals surface area contributed by atoms with E-state index in [1.165, 1.54) is 37.1 Å². The Bertz CT molecular complexity index is 1370. The number of halogens is 2. The minimum atomic E-state index is -1.44. The molecule has 2 heterocycles. The van der Waals surface area contributed by atoms with Gasteiger partial charge in [-0.25, -0.2) is 13.8 Å². The number of fused-ring (bicyclic) bond motifs is 2. The zero-order chi connectivity index (χ0) is 32.8. The van der Waals surface area contributed by atoms with Crippen LogP contribution in [0.15, 0.2) is 58.0 Å². The van der Waals surface area contributed by atoms with Gasteiger partial charge in [-0.1, -0.05) is 25.5 Å². The molecular formula is C33H46F2N6O3. The van der Waals surface area contributed by atoms with Gasteiger partial charge in [0.1, 0.15) is 24.8 Å². The quantitative estimate of drug-likeness (QED) is 0.125. The zero-order valence-electron chi connectivity index (χ0n) is 26.7. The minimum absolute atomic E-state index is 0.00595. The number of aliphatic hydroxyl groups is 1. The van der Waals surface area contributed by atoms with E-state index < -0.39 is 35.2 Å². The van der Waals surface area contributed by atoms with Crippen molar-refractivity contribution in [2.24, 2.45) is 10.9 Å². The summed E-state index contributed by atoms with van der Waals surface area (Å²) in [6, 6.07) is 3.40. The number of anilines is 1. The van der Waals surface area contributed by atoms with Crippen LogP contribution in [0.25, 0.3) is 0 Å². The van der Waals surface area contributed by atoms with E-state index in [1.807, 2.05) is 32.9 Å². The van der Waals surface area contributed by atoms with Gasteiger partial charge in [0.2, 0.25) is 12.3 Å². The summed E-state index contributed by atoms with van der Waals surface area (Å²) in [5, 5.41) is 25.0. The van der Waals surface area contributed by atoms with E-state index in [0.717, 1.165) is 16.7 Å². The highest BCUT2D eigenvalue weighted by molar-refractivity contribution is 5.85. The molecular weight excluding hydrogens is 566 g/mol. The van der Waals surface area contributed by atoms with Crippen LogP contribution in [0.1, 0.15) is 79.7 Å². The lowest BCUT2D eigenvalue weighted by molar-refractivity contribution is -0.131. The molecule has 240 valence electrons. The Labute approximate surface area is 259 Å². The van der Waals surface area contributed by atoms with E-state index in [0.29, 0.717) is 42.8 Å². The lowest BCUT2D eigenvalue weighted by atomic mass is 9.77. The van der Waals surface area contributed by atoms with Crippen LogP contribution in [0, 0.1) is 11.3 Å². The molecule has 0 aromatic carbocycles. The van der Waals surface area contributed by atoms with Crippen LogP contribution in [0.5, 0.6) is 0 Å². The van der Waals surface area contributed by atoms with Gasteiger partial charge >= 0.3 is 0 Å². The van der Waals surface area contributed by atoms with E-state index in [-0.39, 0.29) is 24.9 Å². The van der Waals surface area contributed by atoms with E-state index in [9.17, 15) is 23.5 Å². The number of carbonyl (C=O) groups is 2. The van der Waals surface area contributed by atoms with Gasteiger partial charge in [-0.3, -0.25) is 14.6 Å². The summed E-state index contributed by atoms with van der Waals surface area (Å²) in [5.74, 6) is -0.250. The second kappa shape index (κ2) is 14.4. The molecule has 3 rings (SSSR count). The van der Waals surface area contributed by atoms with Crippen molar-refractivity contribution in [1.82, 2.24) is 15.2 Å². The molecule has 0 saturated carbocycles. The number of aliphatic hydroxyl groups excluding tert-OH is 1. The molecule has 1 aliphatic carbocycles. The van der Waals surface area contributed by atoms with Gasteiger partial charge < -0.3 is 26.0 Å². The smallest absolute Gasteiger partial charge is 0.239 e. The number of hydrogen-bond acceptors (Lipinski definition) is 7. The average Bonchev–Trinajstić information content (AvgIpc) is 3.45. The highest BCUT2D eigenvalue weighted by atomic mass is 19.1. The lowest BCUT2D eigenvalue weighted by Gasteiger charge is -2.38. The summed E-state index contributed by atoms with van der Waals surface area (Å²) < 4.78 is 28.1. The summed E-state index contributed by atoms with van der Waals surface area (Å²) in [6.07, 6.45) is 5.27. The van der Waals surface area contributed by atoms with Crippen molar-refractivity contribution >= 4 is 30.1 Å². The molecule has 4 N–H and O–H groups in total. The molecule has 5 atom stereocenters. The topological polar surface area (TPSA) is 131 Å². The number of carbonyl (C=O) groups excluding carboxylic acids is 2. The van der Waals surface area contributed by atoms with Crippen LogP contribution < -0.4 is 10.6 Å². The van der Waals surface area contributed by atoms with Crippen molar-refractivity contribution in [3.63, 3.8) is 0 Å². The van der Waals surface area contributed by atoms with Gasteiger partial charge in [-0.05, 0) is 95.6 Å². The van der Waals surface area contributed by atoms with E-state index >= 15 is 0 Å². The van der Waals surface area contributed by atoms with Crippen molar-refractivity contribution in [1.29, 1.82) is 5.41 Å². The third kappa shape index (κ3) is 7.67. The van der Waals surface area contributed by atoms with Gasteiger partial charge in [0, 0.05) is 29.7 Å². The van der Waals surface area contributed by atoms with Crippen LogP contribution in [-0.4, -0.2) is 69.9 Å². The standard InChI is InChI=1S/C33H46F2N6O3/c1-20(2)24(6)40-32(7,27(13-22(4)35)11-10-21(3)34)41(19-42)18-29(43)38-23(5)14-25-15-33(16-26(25)17-36)28-9-8-12-37-30(28)39-31(33)44/h8-10,12-13,17,19-20,22-23,31,36,44H,11,14-16,18H2,1-7H3,(H,37,39)(H,38,43). The summed E-state index contributed by atoms with van der Waals surface area (Å²) in [7, 11) is 0. The Balaban J connectivity index is 1.81. The molecule has 1 spiro atoms. The molecule has 44 heavy (non-hydrogen) atoms. The number of amides is 2. The van der Waals surface area contributed by atoms with E-state index in [2.05, 4.69) is 15.6 Å². The summed E-state index contributed by atoms with van der Waals surface area (Å²) in [5.41, 5.74) is 1.62. The number of pyridine rings is 1. The number of rotatable bonds is 14. The number of nitrogens with one attached hydrogen (secondary N) is 3. The molecule has 2 aliphatic rings. The fraction of sp³-hybridized carbons (Fsp3) is 0.545. The number of aliphatic imine (C=N–C) groups is 1. The molecule has 0 saturated heterocycles. The molecule has 0 radical (unpaired) electrons.